The van der Waals surface area contributed by atoms with E-state index in [1.54, 1.807) is 12.1 Å². The van der Waals surface area contributed by atoms with Crippen molar-refractivity contribution in [3.8, 4) is 22.4 Å². The Morgan fingerprint density at radius 2 is 1.52 bits per heavy atom. The maximum Gasteiger partial charge on any atom is 0.341 e. The van der Waals surface area contributed by atoms with Crippen LogP contribution in [-0.4, -0.2) is 29.7 Å². The van der Waals surface area contributed by atoms with Gasteiger partial charge in [-0.05, 0) is 47.0 Å². The molecule has 0 unspecified atom stereocenters. The van der Waals surface area contributed by atoms with Crippen molar-refractivity contribution < 1.29 is 14.3 Å². The van der Waals surface area contributed by atoms with E-state index in [0.717, 1.165) is 16.8 Å². The second-order valence-electron chi connectivity index (χ2n) is 7.95. The Morgan fingerprint density at radius 1 is 0.909 bits per heavy atom. The molecule has 0 radical (unpaired) electrons. The minimum Gasteiger partial charge on any atom is -0.477 e. The number of pyridine rings is 1. The van der Waals surface area contributed by atoms with Crippen molar-refractivity contribution in [2.45, 2.75) is 6.54 Å². The normalized spacial score (nSPS) is 10.8. The van der Waals surface area contributed by atoms with E-state index in [4.69, 9.17) is 0 Å². The number of nitrogens with zero attached hydrogens (tertiary/aromatic N) is 2. The van der Waals surface area contributed by atoms with Crippen molar-refractivity contribution in [3.63, 3.8) is 0 Å². The zero-order valence-corrected chi connectivity index (χ0v) is 18.3. The van der Waals surface area contributed by atoms with Crippen LogP contribution in [0, 0.1) is 5.82 Å². The molecule has 1 heterocycles. The summed E-state index contributed by atoms with van der Waals surface area (Å²) < 4.78 is 15.1. The minimum atomic E-state index is -1.31. The first-order chi connectivity index (χ1) is 15.8. The van der Waals surface area contributed by atoms with Gasteiger partial charge in [0.05, 0.1) is 12.2 Å². The standard InChI is InChI=1S/C27H23FN2O3/c1-29(2)22-14-10-20(11-15-22)25-23(19-8-12-21(28)13-9-19)16-24(27(32)33)26(31)30(25)17-18-6-4-3-5-7-18/h3-16H,17H2,1-2H3,(H,32,33). The quantitative estimate of drug-likeness (QED) is 0.450. The van der Waals surface area contributed by atoms with Gasteiger partial charge in [0.2, 0.25) is 0 Å². The van der Waals surface area contributed by atoms with E-state index >= 15 is 0 Å². The number of anilines is 1. The first-order valence-corrected chi connectivity index (χ1v) is 10.4. The largest absolute Gasteiger partial charge is 0.477 e. The van der Waals surface area contributed by atoms with E-state index < -0.39 is 17.3 Å². The molecule has 1 N–H and O–H groups in total. The van der Waals surface area contributed by atoms with Gasteiger partial charge in [0.1, 0.15) is 11.4 Å². The van der Waals surface area contributed by atoms with E-state index in [2.05, 4.69) is 0 Å². The highest BCUT2D eigenvalue weighted by Gasteiger charge is 2.21. The second kappa shape index (κ2) is 9.12. The Balaban J connectivity index is 2.04. The third-order valence-corrected chi connectivity index (χ3v) is 5.52. The van der Waals surface area contributed by atoms with Crippen LogP contribution in [0.4, 0.5) is 10.1 Å². The SMILES string of the molecule is CN(C)c1ccc(-c2c(-c3ccc(F)cc3)cc(C(=O)O)c(=O)n2Cc2ccccc2)cc1. The van der Waals surface area contributed by atoms with Gasteiger partial charge >= 0.3 is 5.97 Å². The Hall–Kier alpha value is -4.19. The molecule has 0 aliphatic carbocycles. The van der Waals surface area contributed by atoms with Crippen LogP contribution in [0.15, 0.2) is 89.7 Å². The fraction of sp³-hybridized carbons (Fsp3) is 0.111. The van der Waals surface area contributed by atoms with Crippen LogP contribution in [0.1, 0.15) is 15.9 Å². The third-order valence-electron chi connectivity index (χ3n) is 5.52. The number of benzene rings is 3. The van der Waals surface area contributed by atoms with Crippen LogP contribution in [0.2, 0.25) is 0 Å². The Bertz CT molecular complexity index is 1340. The average Bonchev–Trinajstić information content (AvgIpc) is 2.81. The van der Waals surface area contributed by atoms with Gasteiger partial charge in [-0.15, -0.1) is 0 Å². The van der Waals surface area contributed by atoms with Crippen molar-refractivity contribution >= 4 is 11.7 Å². The summed E-state index contributed by atoms with van der Waals surface area (Å²) in [7, 11) is 3.87. The second-order valence-corrected chi connectivity index (χ2v) is 7.95. The molecule has 0 spiro atoms. The Morgan fingerprint density at radius 3 is 2.09 bits per heavy atom. The molecule has 5 nitrogen and oxygen atoms in total. The van der Waals surface area contributed by atoms with Crippen molar-refractivity contribution in [1.82, 2.24) is 4.57 Å². The summed E-state index contributed by atoms with van der Waals surface area (Å²) in [5, 5.41) is 9.75. The van der Waals surface area contributed by atoms with Crippen LogP contribution in [0.5, 0.6) is 0 Å². The Kier molecular flexibility index (Phi) is 6.09. The molecule has 0 amide bonds. The summed E-state index contributed by atoms with van der Waals surface area (Å²) in [5.74, 6) is -1.70. The van der Waals surface area contributed by atoms with Crippen molar-refractivity contribution in [1.29, 1.82) is 0 Å². The van der Waals surface area contributed by atoms with E-state index in [0.29, 0.717) is 16.8 Å². The Labute approximate surface area is 191 Å². The maximum absolute atomic E-state index is 13.6. The molecule has 0 aliphatic heterocycles. The number of carbonyl (C=O) groups is 1. The zero-order chi connectivity index (χ0) is 23.5. The van der Waals surface area contributed by atoms with Crippen molar-refractivity contribution in [2.75, 3.05) is 19.0 Å². The van der Waals surface area contributed by atoms with Gasteiger partial charge in [0.25, 0.3) is 5.56 Å². The zero-order valence-electron chi connectivity index (χ0n) is 18.3. The van der Waals surface area contributed by atoms with Gasteiger partial charge in [-0.3, -0.25) is 4.79 Å². The number of aromatic nitrogens is 1. The highest BCUT2D eigenvalue weighted by Crippen LogP contribution is 2.33. The number of carboxylic acids is 1. The molecule has 0 atom stereocenters. The number of rotatable bonds is 6. The van der Waals surface area contributed by atoms with Crippen molar-refractivity contribution in [3.05, 3.63) is 112 Å². The lowest BCUT2D eigenvalue weighted by Gasteiger charge is -2.20. The molecule has 4 rings (SSSR count). The van der Waals surface area contributed by atoms with Crippen LogP contribution >= 0.6 is 0 Å². The summed E-state index contributed by atoms with van der Waals surface area (Å²) in [4.78, 5) is 27.3. The molecule has 0 bridgehead atoms. The van der Waals surface area contributed by atoms with E-state index in [-0.39, 0.29) is 12.1 Å². The molecule has 33 heavy (non-hydrogen) atoms. The number of hydrogen-bond donors (Lipinski definition) is 1. The molecule has 3 aromatic carbocycles. The predicted molar refractivity (Wildman–Crippen MR) is 128 cm³/mol. The maximum atomic E-state index is 13.6. The lowest BCUT2D eigenvalue weighted by molar-refractivity contribution is 0.0694. The summed E-state index contributed by atoms with van der Waals surface area (Å²) in [5.41, 5.74) is 3.41. The molecule has 0 fully saturated rings. The van der Waals surface area contributed by atoms with Gasteiger partial charge in [-0.25, -0.2) is 9.18 Å². The highest BCUT2D eigenvalue weighted by molar-refractivity contribution is 5.92. The lowest BCUT2D eigenvalue weighted by Crippen LogP contribution is -2.28. The van der Waals surface area contributed by atoms with E-state index in [1.807, 2.05) is 73.6 Å². The topological polar surface area (TPSA) is 62.5 Å². The first-order valence-electron chi connectivity index (χ1n) is 10.4. The molecule has 1 aromatic heterocycles. The van der Waals surface area contributed by atoms with Gasteiger partial charge in [-0.1, -0.05) is 54.6 Å². The van der Waals surface area contributed by atoms with Crippen LogP contribution in [0.3, 0.4) is 0 Å². The van der Waals surface area contributed by atoms with E-state index in [9.17, 15) is 19.1 Å². The number of hydrogen-bond acceptors (Lipinski definition) is 3. The van der Waals surface area contributed by atoms with Gasteiger partial charge in [0, 0.05) is 25.3 Å². The van der Waals surface area contributed by atoms with Gasteiger partial charge in [-0.2, -0.15) is 0 Å². The van der Waals surface area contributed by atoms with Crippen LogP contribution < -0.4 is 10.5 Å². The molecule has 6 heteroatoms. The molecule has 0 aliphatic rings. The predicted octanol–water partition coefficient (Wildman–Crippen LogP) is 5.13. The van der Waals surface area contributed by atoms with Crippen molar-refractivity contribution in [2.24, 2.45) is 0 Å². The van der Waals surface area contributed by atoms with Gasteiger partial charge in [0.15, 0.2) is 0 Å². The number of aromatic carboxylic acids is 1. The smallest absolute Gasteiger partial charge is 0.341 e. The molecular weight excluding hydrogens is 419 g/mol. The summed E-state index contributed by atoms with van der Waals surface area (Å²) in [6.07, 6.45) is 0. The molecule has 0 saturated heterocycles. The molecular formula is C27H23FN2O3. The molecule has 0 saturated carbocycles. The number of halogens is 1. The van der Waals surface area contributed by atoms with Crippen LogP contribution in [-0.2, 0) is 6.54 Å². The number of carboxylic acid groups (broad SMARTS) is 1. The summed E-state index contributed by atoms with van der Waals surface area (Å²) >= 11 is 0. The fourth-order valence-corrected chi connectivity index (χ4v) is 3.82. The van der Waals surface area contributed by atoms with Gasteiger partial charge < -0.3 is 14.6 Å². The fourth-order valence-electron chi connectivity index (χ4n) is 3.82. The monoisotopic (exact) mass is 442 g/mol. The molecule has 166 valence electrons. The van der Waals surface area contributed by atoms with E-state index in [1.165, 1.54) is 22.8 Å². The third kappa shape index (κ3) is 4.55. The summed E-state index contributed by atoms with van der Waals surface area (Å²) in [6.45, 7) is 0.194. The average molecular weight is 442 g/mol. The van der Waals surface area contributed by atoms with Crippen LogP contribution in [0.25, 0.3) is 22.4 Å². The lowest BCUT2D eigenvalue weighted by atomic mass is 9.96. The first kappa shape index (κ1) is 22.0. The molecule has 4 aromatic rings. The summed E-state index contributed by atoms with van der Waals surface area (Å²) in [6, 6.07) is 24.3. The highest BCUT2D eigenvalue weighted by atomic mass is 19.1. The minimum absolute atomic E-state index is 0.194.